The van der Waals surface area contributed by atoms with Gasteiger partial charge in [-0.1, -0.05) is 6.92 Å². The molecule has 0 saturated heterocycles. The first-order valence-electron chi connectivity index (χ1n) is 10.8. The van der Waals surface area contributed by atoms with Crippen LogP contribution in [-0.4, -0.2) is 54.0 Å². The maximum atomic E-state index is 12.4. The molecular weight excluding hydrogens is 460 g/mol. The number of anilines is 2. The largest absolute Gasteiger partial charge is 0.380 e. The van der Waals surface area contributed by atoms with E-state index in [1.54, 1.807) is 42.2 Å². The smallest absolute Gasteiger partial charge is 0.240 e. The summed E-state index contributed by atoms with van der Waals surface area (Å²) in [5.74, 6) is 2.29. The molecule has 2 N–H and O–H groups in total. The first-order chi connectivity index (χ1) is 16.0. The molecule has 0 atom stereocenters. The van der Waals surface area contributed by atoms with Crippen molar-refractivity contribution in [2.24, 2.45) is 0 Å². The molecule has 0 bridgehead atoms. The van der Waals surface area contributed by atoms with Crippen LogP contribution >= 0.6 is 11.8 Å². The number of thioether (sulfide) groups is 1. The van der Waals surface area contributed by atoms with E-state index in [0.717, 1.165) is 35.9 Å². The lowest BCUT2D eigenvalue weighted by Crippen LogP contribution is -2.27. The van der Waals surface area contributed by atoms with Crippen LogP contribution in [0.5, 0.6) is 0 Å². The molecule has 0 aliphatic heterocycles. The van der Waals surface area contributed by atoms with Gasteiger partial charge in [-0.25, -0.2) is 28.1 Å². The summed E-state index contributed by atoms with van der Waals surface area (Å²) in [5, 5.41) is 3.14. The van der Waals surface area contributed by atoms with Gasteiger partial charge in [0.05, 0.1) is 34.8 Å². The van der Waals surface area contributed by atoms with Gasteiger partial charge in [0.15, 0.2) is 0 Å². The summed E-state index contributed by atoms with van der Waals surface area (Å²) in [5.41, 5.74) is 2.41. The number of nitrogens with zero attached hydrogens (tertiary/aromatic N) is 4. The van der Waals surface area contributed by atoms with Gasteiger partial charge >= 0.3 is 0 Å². The number of hydrogen-bond acceptors (Lipinski definition) is 8. The molecule has 11 heteroatoms. The van der Waals surface area contributed by atoms with Crippen molar-refractivity contribution in [3.63, 3.8) is 0 Å². The van der Waals surface area contributed by atoms with Gasteiger partial charge < -0.3 is 14.6 Å². The molecule has 0 unspecified atom stereocenters. The Labute approximate surface area is 199 Å². The highest BCUT2D eigenvalue weighted by Gasteiger charge is 2.15. The van der Waals surface area contributed by atoms with Crippen LogP contribution in [0.2, 0.25) is 0 Å². The highest BCUT2D eigenvalue weighted by atomic mass is 32.2. The van der Waals surface area contributed by atoms with Crippen LogP contribution in [0.4, 0.5) is 11.6 Å². The molecule has 0 radical (unpaired) electrons. The lowest BCUT2D eigenvalue weighted by molar-refractivity contribution is 0.153. The van der Waals surface area contributed by atoms with Crippen molar-refractivity contribution in [1.29, 1.82) is 0 Å². The summed E-state index contributed by atoms with van der Waals surface area (Å²) >= 11 is 1.74. The van der Waals surface area contributed by atoms with Gasteiger partial charge in [0, 0.05) is 31.6 Å². The Morgan fingerprint density at radius 2 is 1.91 bits per heavy atom. The number of sulfonamides is 1. The lowest BCUT2D eigenvalue weighted by atomic mass is 10.3. The summed E-state index contributed by atoms with van der Waals surface area (Å²) in [4.78, 5) is 13.7. The number of benzene rings is 1. The third kappa shape index (κ3) is 6.76. The van der Waals surface area contributed by atoms with Crippen molar-refractivity contribution in [2.75, 3.05) is 31.3 Å². The van der Waals surface area contributed by atoms with Crippen LogP contribution in [0.1, 0.15) is 26.1 Å². The van der Waals surface area contributed by atoms with Gasteiger partial charge in [0.1, 0.15) is 5.82 Å². The fourth-order valence-electron chi connectivity index (χ4n) is 3.22. The van der Waals surface area contributed by atoms with E-state index in [2.05, 4.69) is 42.7 Å². The van der Waals surface area contributed by atoms with Gasteiger partial charge in [-0.05, 0) is 49.9 Å². The normalized spacial score (nSPS) is 11.6. The second-order valence-electron chi connectivity index (χ2n) is 7.15. The minimum atomic E-state index is -3.59. The van der Waals surface area contributed by atoms with Gasteiger partial charge in [0.2, 0.25) is 16.0 Å². The van der Waals surface area contributed by atoms with E-state index >= 15 is 0 Å². The van der Waals surface area contributed by atoms with Crippen molar-refractivity contribution in [2.45, 2.75) is 37.5 Å². The summed E-state index contributed by atoms with van der Waals surface area (Å²) in [7, 11) is -3.59. The topological polar surface area (TPSA) is 111 Å². The lowest BCUT2D eigenvalue weighted by Gasteiger charge is -2.11. The quantitative estimate of drug-likeness (QED) is 0.349. The number of ether oxygens (including phenoxy) is 1. The van der Waals surface area contributed by atoms with E-state index in [-0.39, 0.29) is 11.4 Å². The standard InChI is InChI=1S/C22H30N6O3S2/c1-4-13-28-20(15-24-21(28)16-32-3)19-10-11-23-22(27-19)26-17-6-8-18(9-7-17)33(29,30)25-12-14-31-5-2/h6-11,15,25H,4-5,12-14,16H2,1-3H3,(H,23,26,27). The van der Waals surface area contributed by atoms with Crippen molar-refractivity contribution in [3.8, 4) is 11.4 Å². The molecular formula is C22H30N6O3S2. The Morgan fingerprint density at radius 1 is 1.12 bits per heavy atom. The number of hydrogen-bond donors (Lipinski definition) is 2. The number of rotatable bonds is 13. The summed E-state index contributed by atoms with van der Waals surface area (Å²) in [6.07, 6.45) is 6.61. The van der Waals surface area contributed by atoms with Crippen LogP contribution in [-0.2, 0) is 27.1 Å². The SMILES string of the molecule is CCCn1c(-c2ccnc(Nc3ccc(S(=O)(=O)NCCOCC)cc3)n2)cnc1CSC. The summed E-state index contributed by atoms with van der Waals surface area (Å²) in [6, 6.07) is 8.32. The Balaban J connectivity index is 1.74. The highest BCUT2D eigenvalue weighted by molar-refractivity contribution is 7.97. The van der Waals surface area contributed by atoms with E-state index in [0.29, 0.717) is 24.8 Å². The van der Waals surface area contributed by atoms with Crippen LogP contribution in [0.3, 0.4) is 0 Å². The van der Waals surface area contributed by atoms with Gasteiger partial charge in [-0.3, -0.25) is 0 Å². The fourth-order valence-corrected chi connectivity index (χ4v) is 4.72. The molecule has 0 spiro atoms. The molecule has 178 valence electrons. The second kappa shape index (κ2) is 12.1. The second-order valence-corrected chi connectivity index (χ2v) is 9.79. The van der Waals surface area contributed by atoms with Crippen molar-refractivity contribution in [3.05, 3.63) is 48.5 Å². The molecule has 0 amide bonds. The van der Waals surface area contributed by atoms with E-state index in [1.165, 1.54) is 0 Å². The molecule has 0 saturated carbocycles. The number of aromatic nitrogens is 4. The summed E-state index contributed by atoms with van der Waals surface area (Å²) in [6.45, 7) is 5.97. The number of nitrogens with one attached hydrogen (secondary N) is 2. The third-order valence-corrected chi connectivity index (χ3v) is 6.76. The Hall–Kier alpha value is -2.47. The molecule has 33 heavy (non-hydrogen) atoms. The van der Waals surface area contributed by atoms with Crippen LogP contribution in [0.25, 0.3) is 11.4 Å². The van der Waals surface area contributed by atoms with Crippen molar-refractivity contribution >= 4 is 33.4 Å². The van der Waals surface area contributed by atoms with Crippen LogP contribution in [0, 0.1) is 0 Å². The fraction of sp³-hybridized carbons (Fsp3) is 0.409. The van der Waals surface area contributed by atoms with E-state index < -0.39 is 10.0 Å². The minimum absolute atomic E-state index is 0.184. The molecule has 3 rings (SSSR count). The molecule has 0 aliphatic carbocycles. The molecule has 2 aromatic heterocycles. The third-order valence-electron chi connectivity index (χ3n) is 4.74. The average molecular weight is 491 g/mol. The number of imidazole rings is 1. The zero-order valence-corrected chi connectivity index (χ0v) is 20.7. The molecule has 9 nitrogen and oxygen atoms in total. The van der Waals surface area contributed by atoms with Gasteiger partial charge in [-0.2, -0.15) is 11.8 Å². The highest BCUT2D eigenvalue weighted by Crippen LogP contribution is 2.23. The Kier molecular flexibility index (Phi) is 9.24. The van der Waals surface area contributed by atoms with E-state index in [9.17, 15) is 8.42 Å². The molecule has 0 fully saturated rings. The van der Waals surface area contributed by atoms with E-state index in [4.69, 9.17) is 4.74 Å². The maximum Gasteiger partial charge on any atom is 0.240 e. The zero-order valence-electron chi connectivity index (χ0n) is 19.1. The Morgan fingerprint density at radius 3 is 2.61 bits per heavy atom. The predicted octanol–water partition coefficient (Wildman–Crippen LogP) is 3.67. The predicted molar refractivity (Wildman–Crippen MR) is 132 cm³/mol. The minimum Gasteiger partial charge on any atom is -0.380 e. The molecule has 2 heterocycles. The first-order valence-corrected chi connectivity index (χ1v) is 13.7. The first kappa shape index (κ1) is 25.2. The van der Waals surface area contributed by atoms with E-state index in [1.807, 2.05) is 19.2 Å². The average Bonchev–Trinajstić information content (AvgIpc) is 3.20. The Bertz CT molecular complexity index is 1130. The van der Waals surface area contributed by atoms with Gasteiger partial charge in [-0.15, -0.1) is 0 Å². The maximum absolute atomic E-state index is 12.4. The molecule has 1 aromatic carbocycles. The monoisotopic (exact) mass is 490 g/mol. The molecule has 3 aromatic rings. The van der Waals surface area contributed by atoms with Crippen molar-refractivity contribution in [1.82, 2.24) is 24.2 Å². The van der Waals surface area contributed by atoms with Crippen LogP contribution in [0.15, 0.2) is 47.6 Å². The van der Waals surface area contributed by atoms with Crippen molar-refractivity contribution < 1.29 is 13.2 Å². The zero-order chi connectivity index (χ0) is 23.7. The summed E-state index contributed by atoms with van der Waals surface area (Å²) < 4.78 is 34.6. The van der Waals surface area contributed by atoms with Crippen LogP contribution < -0.4 is 10.0 Å². The van der Waals surface area contributed by atoms with Gasteiger partial charge in [0.25, 0.3) is 0 Å². The molecule has 0 aliphatic rings.